The third-order valence-corrected chi connectivity index (χ3v) is 2.45. The number of halogens is 1. The third kappa shape index (κ3) is 1.50. The Labute approximate surface area is 90.4 Å². The minimum absolute atomic E-state index is 0.278. The highest BCUT2D eigenvalue weighted by Gasteiger charge is 2.11. The lowest BCUT2D eigenvalue weighted by Crippen LogP contribution is -1.84. The normalized spacial score (nSPS) is 11.4. The topological polar surface area (TPSA) is 52.0 Å². The van der Waals surface area contributed by atoms with E-state index in [1.54, 1.807) is 0 Å². The van der Waals surface area contributed by atoms with Crippen LogP contribution in [0.15, 0.2) is 21.0 Å². The van der Waals surface area contributed by atoms with Gasteiger partial charge in [0.25, 0.3) is 0 Å². The molecule has 14 heavy (non-hydrogen) atoms. The number of aromatic nitrogens is 1. The summed E-state index contributed by atoms with van der Waals surface area (Å²) in [6, 6.07) is 3.72. The van der Waals surface area contributed by atoms with E-state index in [4.69, 9.17) is 10.2 Å². The van der Waals surface area contributed by atoms with Crippen LogP contribution in [0.25, 0.3) is 11.1 Å². The Balaban J connectivity index is 2.70. The summed E-state index contributed by atoms with van der Waals surface area (Å²) in [6.07, 6.45) is 0. The number of fused-ring (bicyclic) bond motifs is 1. The van der Waals surface area contributed by atoms with E-state index in [0.717, 1.165) is 15.9 Å². The molecular formula is C10H11BrN2O. The van der Waals surface area contributed by atoms with Gasteiger partial charge in [0, 0.05) is 10.4 Å². The average Bonchev–Trinajstić information content (AvgIpc) is 2.47. The Morgan fingerprint density at radius 1 is 1.43 bits per heavy atom. The number of nitrogens with two attached hydrogens (primary N) is 1. The molecule has 0 aliphatic heterocycles. The van der Waals surface area contributed by atoms with Gasteiger partial charge in [0.2, 0.25) is 0 Å². The summed E-state index contributed by atoms with van der Waals surface area (Å²) in [5.41, 5.74) is 7.91. The summed E-state index contributed by atoms with van der Waals surface area (Å²) in [5.74, 6) is 1.00. The lowest BCUT2D eigenvalue weighted by molar-refractivity contribution is 0.502. The number of anilines is 1. The van der Waals surface area contributed by atoms with Crippen molar-refractivity contribution in [2.45, 2.75) is 19.8 Å². The zero-order valence-electron chi connectivity index (χ0n) is 8.04. The van der Waals surface area contributed by atoms with Gasteiger partial charge in [-0.05, 0) is 12.1 Å². The Morgan fingerprint density at radius 2 is 2.14 bits per heavy atom. The van der Waals surface area contributed by atoms with Gasteiger partial charge in [-0.25, -0.2) is 4.98 Å². The molecule has 0 aliphatic rings. The zero-order valence-corrected chi connectivity index (χ0v) is 9.63. The van der Waals surface area contributed by atoms with Crippen LogP contribution in [0.1, 0.15) is 25.7 Å². The quantitative estimate of drug-likeness (QED) is 0.795. The molecule has 0 atom stereocenters. The van der Waals surface area contributed by atoms with E-state index in [1.807, 2.05) is 26.0 Å². The molecule has 2 aromatic rings. The maximum absolute atomic E-state index is 5.81. The standard InChI is InChI=1S/C10H11BrN2O/c1-5(2)10-13-8-4-6(11)3-7(12)9(8)14-10/h3-5H,12H2,1-2H3. The first-order chi connectivity index (χ1) is 6.58. The van der Waals surface area contributed by atoms with Crippen molar-refractivity contribution in [2.24, 2.45) is 0 Å². The van der Waals surface area contributed by atoms with Gasteiger partial charge in [0.15, 0.2) is 11.5 Å². The first-order valence-corrected chi connectivity index (χ1v) is 5.22. The van der Waals surface area contributed by atoms with Crippen LogP contribution in [0.3, 0.4) is 0 Å². The fraction of sp³-hybridized carbons (Fsp3) is 0.300. The summed E-state index contributed by atoms with van der Waals surface area (Å²) in [4.78, 5) is 4.36. The highest BCUT2D eigenvalue weighted by Crippen LogP contribution is 2.28. The molecule has 0 bridgehead atoms. The van der Waals surface area contributed by atoms with Crippen molar-refractivity contribution in [3.05, 3.63) is 22.5 Å². The van der Waals surface area contributed by atoms with Crippen molar-refractivity contribution in [3.63, 3.8) is 0 Å². The number of rotatable bonds is 1. The van der Waals surface area contributed by atoms with Crippen LogP contribution in [0.4, 0.5) is 5.69 Å². The highest BCUT2D eigenvalue weighted by atomic mass is 79.9. The summed E-state index contributed by atoms with van der Waals surface area (Å²) >= 11 is 3.37. The Hall–Kier alpha value is -1.03. The summed E-state index contributed by atoms with van der Waals surface area (Å²) in [6.45, 7) is 4.08. The molecule has 1 aromatic carbocycles. The minimum atomic E-state index is 0.278. The molecule has 2 rings (SSSR count). The van der Waals surface area contributed by atoms with E-state index >= 15 is 0 Å². The molecule has 1 heterocycles. The minimum Gasteiger partial charge on any atom is -0.438 e. The van der Waals surface area contributed by atoms with Crippen molar-refractivity contribution in [1.29, 1.82) is 0 Å². The van der Waals surface area contributed by atoms with Crippen molar-refractivity contribution < 1.29 is 4.42 Å². The molecular weight excluding hydrogens is 244 g/mol. The molecule has 0 saturated heterocycles. The van der Waals surface area contributed by atoms with Crippen LogP contribution in [-0.2, 0) is 0 Å². The Bertz CT molecular complexity index is 476. The van der Waals surface area contributed by atoms with E-state index in [9.17, 15) is 0 Å². The van der Waals surface area contributed by atoms with Gasteiger partial charge < -0.3 is 10.2 Å². The molecule has 1 aromatic heterocycles. The number of oxazole rings is 1. The fourth-order valence-corrected chi connectivity index (χ4v) is 1.75. The maximum atomic E-state index is 5.81. The molecule has 0 amide bonds. The smallest absolute Gasteiger partial charge is 0.198 e. The van der Waals surface area contributed by atoms with Crippen molar-refractivity contribution in [1.82, 2.24) is 4.98 Å². The maximum Gasteiger partial charge on any atom is 0.198 e. The first-order valence-electron chi connectivity index (χ1n) is 4.43. The molecule has 0 fully saturated rings. The van der Waals surface area contributed by atoms with Crippen molar-refractivity contribution in [2.75, 3.05) is 5.73 Å². The van der Waals surface area contributed by atoms with Crippen LogP contribution < -0.4 is 5.73 Å². The number of benzene rings is 1. The first kappa shape index (κ1) is 9.52. The van der Waals surface area contributed by atoms with E-state index in [-0.39, 0.29) is 5.92 Å². The van der Waals surface area contributed by atoms with Gasteiger partial charge >= 0.3 is 0 Å². The van der Waals surface area contributed by atoms with E-state index in [2.05, 4.69) is 20.9 Å². The predicted octanol–water partition coefficient (Wildman–Crippen LogP) is 3.30. The van der Waals surface area contributed by atoms with Gasteiger partial charge in [-0.1, -0.05) is 29.8 Å². The second-order valence-corrected chi connectivity index (χ2v) is 4.47. The van der Waals surface area contributed by atoms with E-state index in [0.29, 0.717) is 11.3 Å². The van der Waals surface area contributed by atoms with Gasteiger partial charge in [0.05, 0.1) is 5.69 Å². The summed E-state index contributed by atoms with van der Waals surface area (Å²) < 4.78 is 6.48. The highest BCUT2D eigenvalue weighted by molar-refractivity contribution is 9.10. The van der Waals surface area contributed by atoms with E-state index in [1.165, 1.54) is 0 Å². The number of hydrogen-bond donors (Lipinski definition) is 1. The third-order valence-electron chi connectivity index (χ3n) is 1.99. The SMILES string of the molecule is CC(C)c1nc2cc(Br)cc(N)c2o1. The largest absolute Gasteiger partial charge is 0.438 e. The predicted molar refractivity (Wildman–Crippen MR) is 60.2 cm³/mol. The van der Waals surface area contributed by atoms with Gasteiger partial charge in [0.1, 0.15) is 5.52 Å². The van der Waals surface area contributed by atoms with Gasteiger partial charge in [-0.2, -0.15) is 0 Å². The molecule has 74 valence electrons. The Morgan fingerprint density at radius 3 is 2.79 bits per heavy atom. The molecule has 0 radical (unpaired) electrons. The summed E-state index contributed by atoms with van der Waals surface area (Å²) in [7, 11) is 0. The van der Waals surface area contributed by atoms with Crippen LogP contribution >= 0.6 is 15.9 Å². The average molecular weight is 255 g/mol. The Kier molecular flexibility index (Phi) is 2.23. The molecule has 2 N–H and O–H groups in total. The molecule has 0 saturated carbocycles. The van der Waals surface area contributed by atoms with Crippen LogP contribution in [0.2, 0.25) is 0 Å². The molecule has 4 heteroatoms. The number of nitrogen functional groups attached to an aromatic ring is 1. The lowest BCUT2D eigenvalue weighted by Gasteiger charge is -1.95. The number of hydrogen-bond acceptors (Lipinski definition) is 3. The molecule has 3 nitrogen and oxygen atoms in total. The fourth-order valence-electron chi connectivity index (χ4n) is 1.29. The van der Waals surface area contributed by atoms with Gasteiger partial charge in [-0.3, -0.25) is 0 Å². The van der Waals surface area contributed by atoms with E-state index < -0.39 is 0 Å². The molecule has 0 unspecified atom stereocenters. The number of nitrogens with zero attached hydrogens (tertiary/aromatic N) is 1. The molecule has 0 spiro atoms. The van der Waals surface area contributed by atoms with Gasteiger partial charge in [-0.15, -0.1) is 0 Å². The summed E-state index contributed by atoms with van der Waals surface area (Å²) in [5, 5.41) is 0. The second kappa shape index (κ2) is 3.28. The van der Waals surface area contributed by atoms with Crippen molar-refractivity contribution >= 4 is 32.7 Å². The van der Waals surface area contributed by atoms with Crippen LogP contribution in [0, 0.1) is 0 Å². The zero-order chi connectivity index (χ0) is 10.3. The molecule has 0 aliphatic carbocycles. The van der Waals surface area contributed by atoms with Crippen molar-refractivity contribution in [3.8, 4) is 0 Å². The van der Waals surface area contributed by atoms with Crippen LogP contribution in [-0.4, -0.2) is 4.98 Å². The second-order valence-electron chi connectivity index (χ2n) is 3.55. The van der Waals surface area contributed by atoms with Crippen LogP contribution in [0.5, 0.6) is 0 Å². The lowest BCUT2D eigenvalue weighted by atomic mass is 10.2. The monoisotopic (exact) mass is 254 g/mol.